The third-order valence-corrected chi connectivity index (χ3v) is 4.79. The van der Waals surface area contributed by atoms with Crippen molar-refractivity contribution < 1.29 is 5.11 Å². The standard InChI is InChI=1S/C17H17ClN4O/c1-16(2,23)13-7-10-19-22-14(13)20-21-15(22)17(8-9-17)11-3-5-12(18)6-4-11/h3-7,10,23H,8-9H2,1-2H3. The van der Waals surface area contributed by atoms with Crippen molar-refractivity contribution in [2.45, 2.75) is 37.7 Å². The summed E-state index contributed by atoms with van der Waals surface area (Å²) in [6.45, 7) is 3.48. The molecule has 1 saturated carbocycles. The van der Waals surface area contributed by atoms with Crippen LogP contribution in [-0.4, -0.2) is 24.9 Å². The van der Waals surface area contributed by atoms with E-state index in [1.165, 1.54) is 5.56 Å². The lowest BCUT2D eigenvalue weighted by molar-refractivity contribution is 0.0794. The third kappa shape index (κ3) is 2.23. The van der Waals surface area contributed by atoms with Crippen LogP contribution in [0.1, 0.15) is 43.6 Å². The first-order chi connectivity index (χ1) is 10.9. The minimum absolute atomic E-state index is 0.158. The van der Waals surface area contributed by atoms with E-state index in [1.54, 1.807) is 30.6 Å². The van der Waals surface area contributed by atoms with Crippen LogP contribution >= 0.6 is 11.6 Å². The fourth-order valence-corrected chi connectivity index (χ4v) is 3.24. The molecule has 0 spiro atoms. The van der Waals surface area contributed by atoms with Crippen LogP contribution in [0, 0.1) is 0 Å². The van der Waals surface area contributed by atoms with Gasteiger partial charge >= 0.3 is 0 Å². The Bertz CT molecular complexity index is 876. The molecule has 1 aromatic carbocycles. The average molecular weight is 329 g/mol. The zero-order valence-electron chi connectivity index (χ0n) is 13.0. The van der Waals surface area contributed by atoms with Crippen LogP contribution in [0.25, 0.3) is 5.65 Å². The molecule has 23 heavy (non-hydrogen) atoms. The summed E-state index contributed by atoms with van der Waals surface area (Å²) in [5.41, 5.74) is 1.35. The molecule has 4 rings (SSSR count). The first-order valence-corrected chi connectivity index (χ1v) is 7.99. The second-order valence-corrected chi connectivity index (χ2v) is 7.09. The molecule has 2 aromatic heterocycles. The molecule has 0 saturated heterocycles. The molecule has 0 atom stereocenters. The molecule has 5 nitrogen and oxygen atoms in total. The zero-order valence-corrected chi connectivity index (χ0v) is 13.7. The Balaban J connectivity index is 1.89. The molecule has 0 bridgehead atoms. The second-order valence-electron chi connectivity index (χ2n) is 6.65. The maximum Gasteiger partial charge on any atom is 0.183 e. The maximum absolute atomic E-state index is 10.3. The fraction of sp³-hybridized carbons (Fsp3) is 0.353. The second kappa shape index (κ2) is 4.76. The molecule has 6 heteroatoms. The van der Waals surface area contributed by atoms with Gasteiger partial charge in [0.05, 0.1) is 11.0 Å². The van der Waals surface area contributed by atoms with Gasteiger partial charge < -0.3 is 5.11 Å². The van der Waals surface area contributed by atoms with E-state index in [4.69, 9.17) is 11.6 Å². The topological polar surface area (TPSA) is 63.3 Å². The largest absolute Gasteiger partial charge is 0.386 e. The average Bonchev–Trinajstić information content (AvgIpc) is 3.19. The van der Waals surface area contributed by atoms with Gasteiger partial charge in [-0.3, -0.25) is 0 Å². The smallest absolute Gasteiger partial charge is 0.183 e. The number of rotatable bonds is 3. The van der Waals surface area contributed by atoms with Gasteiger partial charge in [-0.1, -0.05) is 23.7 Å². The molecule has 0 unspecified atom stereocenters. The normalized spacial score (nSPS) is 16.7. The highest BCUT2D eigenvalue weighted by molar-refractivity contribution is 6.30. The van der Waals surface area contributed by atoms with Gasteiger partial charge in [0.15, 0.2) is 11.5 Å². The lowest BCUT2D eigenvalue weighted by Crippen LogP contribution is -2.19. The van der Waals surface area contributed by atoms with Crippen molar-refractivity contribution >= 4 is 17.2 Å². The highest BCUT2D eigenvalue weighted by atomic mass is 35.5. The van der Waals surface area contributed by atoms with E-state index in [-0.39, 0.29) is 5.41 Å². The first kappa shape index (κ1) is 14.6. The predicted molar refractivity (Wildman–Crippen MR) is 87.5 cm³/mol. The van der Waals surface area contributed by atoms with Crippen molar-refractivity contribution in [1.82, 2.24) is 19.8 Å². The highest BCUT2D eigenvalue weighted by Crippen LogP contribution is 2.52. The number of nitrogens with zero attached hydrogens (tertiary/aromatic N) is 4. The number of hydrogen-bond donors (Lipinski definition) is 1. The number of aromatic nitrogens is 4. The molecule has 1 N–H and O–H groups in total. The van der Waals surface area contributed by atoms with E-state index < -0.39 is 5.60 Å². The Hall–Kier alpha value is -1.98. The Morgan fingerprint density at radius 2 is 1.83 bits per heavy atom. The van der Waals surface area contributed by atoms with Crippen LogP contribution in [0.4, 0.5) is 0 Å². The monoisotopic (exact) mass is 328 g/mol. The lowest BCUT2D eigenvalue weighted by atomic mass is 9.95. The van der Waals surface area contributed by atoms with Gasteiger partial charge in [-0.25, -0.2) is 0 Å². The fourth-order valence-electron chi connectivity index (χ4n) is 3.12. The number of benzene rings is 1. The van der Waals surface area contributed by atoms with E-state index in [2.05, 4.69) is 15.3 Å². The van der Waals surface area contributed by atoms with E-state index in [9.17, 15) is 5.11 Å². The number of fused-ring (bicyclic) bond motifs is 1. The lowest BCUT2D eigenvalue weighted by Gasteiger charge is -2.18. The molecule has 1 aliphatic rings. The van der Waals surface area contributed by atoms with Crippen LogP contribution in [0.2, 0.25) is 5.02 Å². The van der Waals surface area contributed by atoms with Gasteiger partial charge in [-0.2, -0.15) is 9.61 Å². The van der Waals surface area contributed by atoms with Crippen molar-refractivity contribution in [3.05, 3.63) is 58.5 Å². The molecular weight excluding hydrogens is 312 g/mol. The number of hydrogen-bond acceptors (Lipinski definition) is 4. The number of halogens is 1. The Morgan fingerprint density at radius 3 is 2.43 bits per heavy atom. The van der Waals surface area contributed by atoms with Crippen molar-refractivity contribution in [2.75, 3.05) is 0 Å². The summed E-state index contributed by atoms with van der Waals surface area (Å²) in [5, 5.41) is 24.2. The first-order valence-electron chi connectivity index (χ1n) is 7.62. The summed E-state index contributed by atoms with van der Waals surface area (Å²) in [6, 6.07) is 9.66. The molecule has 1 aliphatic carbocycles. The highest BCUT2D eigenvalue weighted by Gasteiger charge is 2.50. The van der Waals surface area contributed by atoms with Gasteiger partial charge in [0, 0.05) is 16.8 Å². The van der Waals surface area contributed by atoms with Crippen LogP contribution < -0.4 is 0 Å². The van der Waals surface area contributed by atoms with Gasteiger partial charge in [-0.05, 0) is 50.5 Å². The molecule has 0 amide bonds. The zero-order chi connectivity index (χ0) is 16.2. The van der Waals surface area contributed by atoms with Gasteiger partial charge in [0.2, 0.25) is 0 Å². The van der Waals surface area contributed by atoms with Crippen molar-refractivity contribution in [3.8, 4) is 0 Å². The molecule has 118 valence electrons. The van der Waals surface area contributed by atoms with Crippen LogP contribution in [0.5, 0.6) is 0 Å². The van der Waals surface area contributed by atoms with E-state index in [0.29, 0.717) is 5.65 Å². The summed E-state index contributed by atoms with van der Waals surface area (Å²) < 4.78 is 1.76. The van der Waals surface area contributed by atoms with Gasteiger partial charge in [0.1, 0.15) is 0 Å². The summed E-state index contributed by atoms with van der Waals surface area (Å²) in [6.07, 6.45) is 3.69. The van der Waals surface area contributed by atoms with Crippen molar-refractivity contribution in [3.63, 3.8) is 0 Å². The molecule has 1 fully saturated rings. The van der Waals surface area contributed by atoms with E-state index >= 15 is 0 Å². The Labute approximate surface area is 138 Å². The van der Waals surface area contributed by atoms with Gasteiger partial charge in [0.25, 0.3) is 0 Å². The molecule has 2 heterocycles. The Kier molecular flexibility index (Phi) is 3.02. The Morgan fingerprint density at radius 1 is 1.13 bits per heavy atom. The summed E-state index contributed by atoms with van der Waals surface area (Å²) in [5.74, 6) is 0.820. The summed E-state index contributed by atoms with van der Waals surface area (Å²) in [4.78, 5) is 0. The molecule has 0 radical (unpaired) electrons. The molecule has 0 aliphatic heterocycles. The van der Waals surface area contributed by atoms with E-state index in [1.807, 2.05) is 24.3 Å². The van der Waals surface area contributed by atoms with Crippen LogP contribution in [0.15, 0.2) is 36.5 Å². The summed E-state index contributed by atoms with van der Waals surface area (Å²) in [7, 11) is 0. The predicted octanol–water partition coefficient (Wildman–Crippen LogP) is 3.09. The minimum Gasteiger partial charge on any atom is -0.386 e. The minimum atomic E-state index is -0.995. The quantitative estimate of drug-likeness (QED) is 0.802. The van der Waals surface area contributed by atoms with Gasteiger partial charge in [-0.15, -0.1) is 10.2 Å². The number of aliphatic hydroxyl groups is 1. The maximum atomic E-state index is 10.3. The van der Waals surface area contributed by atoms with Crippen LogP contribution in [0.3, 0.4) is 0 Å². The molecule has 3 aromatic rings. The third-order valence-electron chi connectivity index (χ3n) is 4.54. The van der Waals surface area contributed by atoms with E-state index in [0.717, 1.165) is 29.3 Å². The van der Waals surface area contributed by atoms with Crippen molar-refractivity contribution in [1.29, 1.82) is 0 Å². The molecular formula is C17H17ClN4O. The SMILES string of the molecule is CC(C)(O)c1ccnn2c(C3(c4ccc(Cl)cc4)CC3)nnc12. The van der Waals surface area contributed by atoms with Crippen LogP contribution in [-0.2, 0) is 11.0 Å². The van der Waals surface area contributed by atoms with Crippen molar-refractivity contribution in [2.24, 2.45) is 0 Å². The summed E-state index contributed by atoms with van der Waals surface area (Å²) >= 11 is 6.00.